The van der Waals surface area contributed by atoms with Crippen LogP contribution in [0.5, 0.6) is 0 Å². The Hall–Kier alpha value is -2.42. The van der Waals surface area contributed by atoms with Crippen molar-refractivity contribution in [3.63, 3.8) is 0 Å². The van der Waals surface area contributed by atoms with Crippen molar-refractivity contribution in [3.05, 3.63) is 29.3 Å². The zero-order valence-corrected chi connectivity index (χ0v) is 18.8. The van der Waals surface area contributed by atoms with Crippen LogP contribution in [0.25, 0.3) is 0 Å². The molecule has 2 heterocycles. The van der Waals surface area contributed by atoms with E-state index in [0.29, 0.717) is 49.4 Å². The van der Waals surface area contributed by atoms with Crippen LogP contribution in [-0.4, -0.2) is 55.9 Å². The number of fused-ring (bicyclic) bond motifs is 1. The molecule has 1 saturated heterocycles. The van der Waals surface area contributed by atoms with Crippen molar-refractivity contribution in [2.24, 2.45) is 5.92 Å². The molecule has 0 aromatic heterocycles. The summed E-state index contributed by atoms with van der Waals surface area (Å²) in [4.78, 5) is 39.5. The molecule has 2 fully saturated rings. The minimum absolute atomic E-state index is 0.304. The van der Waals surface area contributed by atoms with Gasteiger partial charge >= 0.3 is 6.03 Å². The molecule has 0 bridgehead atoms. The van der Waals surface area contributed by atoms with Crippen molar-refractivity contribution in [3.8, 4) is 0 Å². The SMILES string of the molecule is CCC1CCC2(CC1)NC(=O)N(CC(=O)c1ccc3c(c1)CCCN3S(C)(=O)=O)C2=O. The lowest BCUT2D eigenvalue weighted by molar-refractivity contribution is -0.132. The van der Waals surface area contributed by atoms with E-state index in [0.717, 1.165) is 29.7 Å². The lowest BCUT2D eigenvalue weighted by atomic mass is 9.75. The molecule has 0 atom stereocenters. The summed E-state index contributed by atoms with van der Waals surface area (Å²) in [6, 6.07) is 4.40. The van der Waals surface area contributed by atoms with E-state index in [1.807, 2.05) is 0 Å². The molecule has 168 valence electrons. The number of hydrogen-bond acceptors (Lipinski definition) is 5. The molecule has 9 heteroatoms. The molecular weight excluding hydrogens is 418 g/mol. The maximum atomic E-state index is 13.1. The fourth-order valence-corrected chi connectivity index (χ4v) is 6.05. The Morgan fingerprint density at radius 3 is 2.58 bits per heavy atom. The number of carbonyl (C=O) groups excluding carboxylic acids is 3. The van der Waals surface area contributed by atoms with Gasteiger partial charge in [0.05, 0.1) is 18.5 Å². The highest BCUT2D eigenvalue weighted by Crippen LogP contribution is 2.38. The van der Waals surface area contributed by atoms with Crippen LogP contribution in [0.2, 0.25) is 0 Å². The fraction of sp³-hybridized carbons (Fsp3) is 0.591. The fourth-order valence-electron chi connectivity index (χ4n) is 5.05. The largest absolute Gasteiger partial charge is 0.325 e. The standard InChI is InChI=1S/C22H29N3O5S/c1-3-15-8-10-22(11-9-15)20(27)24(21(28)23-22)14-19(26)17-6-7-18-16(13-17)5-4-12-25(18)31(2,29)30/h6-7,13,15H,3-5,8-12,14H2,1-2H3,(H,23,28). The number of rotatable bonds is 5. The number of urea groups is 1. The van der Waals surface area contributed by atoms with Gasteiger partial charge in [0.1, 0.15) is 5.54 Å². The maximum absolute atomic E-state index is 13.1. The number of imide groups is 1. The van der Waals surface area contributed by atoms with Gasteiger partial charge in [0, 0.05) is 12.1 Å². The maximum Gasteiger partial charge on any atom is 0.325 e. The second-order valence-corrected chi connectivity index (χ2v) is 10.9. The van der Waals surface area contributed by atoms with E-state index < -0.39 is 21.6 Å². The Balaban J connectivity index is 1.50. The summed E-state index contributed by atoms with van der Waals surface area (Å²) < 4.78 is 25.4. The van der Waals surface area contributed by atoms with Crippen LogP contribution in [0.3, 0.4) is 0 Å². The van der Waals surface area contributed by atoms with Crippen molar-refractivity contribution >= 4 is 33.4 Å². The number of hydrogen-bond donors (Lipinski definition) is 1. The van der Waals surface area contributed by atoms with Crippen LogP contribution in [-0.2, 0) is 21.2 Å². The lowest BCUT2D eigenvalue weighted by Crippen LogP contribution is -2.49. The average Bonchev–Trinajstić information content (AvgIpc) is 2.96. The summed E-state index contributed by atoms with van der Waals surface area (Å²) in [5, 5.41) is 2.85. The first-order valence-electron chi connectivity index (χ1n) is 10.9. The van der Waals surface area contributed by atoms with E-state index in [4.69, 9.17) is 0 Å². The van der Waals surface area contributed by atoms with E-state index >= 15 is 0 Å². The van der Waals surface area contributed by atoms with E-state index in [9.17, 15) is 22.8 Å². The van der Waals surface area contributed by atoms with E-state index in [-0.39, 0.29) is 18.2 Å². The molecule has 1 aromatic carbocycles. The normalized spacial score (nSPS) is 26.2. The van der Waals surface area contributed by atoms with Gasteiger partial charge in [-0.05, 0) is 68.2 Å². The van der Waals surface area contributed by atoms with Gasteiger partial charge in [-0.2, -0.15) is 0 Å². The average molecular weight is 448 g/mol. The molecule has 3 amide bonds. The predicted octanol–water partition coefficient (Wildman–Crippen LogP) is 2.47. The molecule has 4 rings (SSSR count). The molecule has 3 aliphatic rings. The molecule has 31 heavy (non-hydrogen) atoms. The number of Topliss-reactive ketones (excluding diaryl/α,β-unsaturated/α-hetero) is 1. The molecule has 0 unspecified atom stereocenters. The predicted molar refractivity (Wildman–Crippen MR) is 117 cm³/mol. The topological polar surface area (TPSA) is 104 Å². The Labute approximate surface area is 183 Å². The second kappa shape index (κ2) is 7.93. The number of nitrogens with zero attached hydrogens (tertiary/aromatic N) is 2. The third-order valence-corrected chi connectivity index (χ3v) is 8.14. The molecule has 8 nitrogen and oxygen atoms in total. The minimum atomic E-state index is -3.38. The highest BCUT2D eigenvalue weighted by Gasteiger charge is 2.52. The molecule has 0 radical (unpaired) electrons. The van der Waals surface area contributed by atoms with Gasteiger partial charge in [0.25, 0.3) is 5.91 Å². The number of sulfonamides is 1. The van der Waals surface area contributed by atoms with Crippen LogP contribution in [0.1, 0.15) is 61.4 Å². The molecular formula is C22H29N3O5S. The van der Waals surface area contributed by atoms with Crippen LogP contribution >= 0.6 is 0 Å². The van der Waals surface area contributed by atoms with Crippen molar-refractivity contribution in [2.75, 3.05) is 23.7 Å². The third kappa shape index (κ3) is 3.95. The van der Waals surface area contributed by atoms with Crippen molar-refractivity contribution in [1.82, 2.24) is 10.2 Å². The minimum Gasteiger partial charge on any atom is -0.323 e. The van der Waals surface area contributed by atoms with Gasteiger partial charge in [-0.15, -0.1) is 0 Å². The van der Waals surface area contributed by atoms with Crippen LogP contribution in [0.4, 0.5) is 10.5 Å². The first kappa shape index (κ1) is 21.8. The van der Waals surface area contributed by atoms with Crippen molar-refractivity contribution in [1.29, 1.82) is 0 Å². The van der Waals surface area contributed by atoms with Crippen LogP contribution in [0.15, 0.2) is 18.2 Å². The van der Waals surface area contributed by atoms with Gasteiger partial charge in [-0.1, -0.05) is 13.3 Å². The van der Waals surface area contributed by atoms with Crippen LogP contribution < -0.4 is 9.62 Å². The number of benzene rings is 1. The number of anilines is 1. The Morgan fingerprint density at radius 2 is 1.94 bits per heavy atom. The van der Waals surface area contributed by atoms with Crippen LogP contribution in [0, 0.1) is 5.92 Å². The zero-order chi connectivity index (χ0) is 22.4. The smallest absolute Gasteiger partial charge is 0.323 e. The second-order valence-electron chi connectivity index (χ2n) is 8.96. The summed E-state index contributed by atoms with van der Waals surface area (Å²) in [6.45, 7) is 2.25. The van der Waals surface area contributed by atoms with E-state index in [1.54, 1.807) is 18.2 Å². The quantitative estimate of drug-likeness (QED) is 0.552. The Bertz CT molecular complexity index is 1030. The highest BCUT2D eigenvalue weighted by molar-refractivity contribution is 7.92. The van der Waals surface area contributed by atoms with Crippen molar-refractivity contribution < 1.29 is 22.8 Å². The summed E-state index contributed by atoms with van der Waals surface area (Å²) in [6.07, 6.45) is 6.59. The van der Waals surface area contributed by atoms with Gasteiger partial charge in [-0.3, -0.25) is 18.8 Å². The number of nitrogens with one attached hydrogen (secondary N) is 1. The molecule has 1 aliphatic carbocycles. The molecule has 2 aliphatic heterocycles. The first-order valence-corrected chi connectivity index (χ1v) is 12.8. The monoisotopic (exact) mass is 447 g/mol. The Morgan fingerprint density at radius 1 is 1.23 bits per heavy atom. The number of amides is 3. The first-order chi connectivity index (χ1) is 14.6. The molecule has 1 spiro atoms. The highest BCUT2D eigenvalue weighted by atomic mass is 32.2. The third-order valence-electron chi connectivity index (χ3n) is 6.96. The van der Waals surface area contributed by atoms with Gasteiger partial charge in [-0.25, -0.2) is 13.2 Å². The van der Waals surface area contributed by atoms with Gasteiger partial charge in [0.2, 0.25) is 10.0 Å². The number of ketones is 1. The van der Waals surface area contributed by atoms with Crippen molar-refractivity contribution in [2.45, 2.75) is 57.4 Å². The lowest BCUT2D eigenvalue weighted by Gasteiger charge is -2.34. The molecule has 1 aromatic rings. The summed E-state index contributed by atoms with van der Waals surface area (Å²) in [5.41, 5.74) is 0.890. The number of aryl methyl sites for hydroxylation is 1. The molecule has 1 saturated carbocycles. The Kier molecular flexibility index (Phi) is 5.57. The summed E-state index contributed by atoms with van der Waals surface area (Å²) in [7, 11) is -3.38. The number of carbonyl (C=O) groups is 3. The zero-order valence-electron chi connectivity index (χ0n) is 18.0. The van der Waals surface area contributed by atoms with Gasteiger partial charge < -0.3 is 5.32 Å². The summed E-state index contributed by atoms with van der Waals surface area (Å²) in [5.74, 6) is -0.0586. The van der Waals surface area contributed by atoms with E-state index in [2.05, 4.69) is 12.2 Å². The molecule has 1 N–H and O–H groups in total. The van der Waals surface area contributed by atoms with Gasteiger partial charge in [0.15, 0.2) is 5.78 Å². The van der Waals surface area contributed by atoms with E-state index in [1.165, 1.54) is 10.6 Å². The summed E-state index contributed by atoms with van der Waals surface area (Å²) >= 11 is 0.